The van der Waals surface area contributed by atoms with Crippen molar-refractivity contribution in [2.75, 3.05) is 38.3 Å². The molecule has 1 aliphatic heterocycles. The maximum absolute atomic E-state index is 12.5. The van der Waals surface area contributed by atoms with Crippen LogP contribution in [-0.2, 0) is 11.2 Å². The van der Waals surface area contributed by atoms with Crippen LogP contribution in [0.25, 0.3) is 0 Å². The third-order valence-corrected chi connectivity index (χ3v) is 4.91. The summed E-state index contributed by atoms with van der Waals surface area (Å²) < 4.78 is 10.6. The van der Waals surface area contributed by atoms with Crippen molar-refractivity contribution < 1.29 is 14.3 Å². The van der Waals surface area contributed by atoms with Crippen molar-refractivity contribution in [3.8, 4) is 5.75 Å². The summed E-state index contributed by atoms with van der Waals surface area (Å²) in [6.07, 6.45) is 1.81. The average Bonchev–Trinajstić information content (AvgIpc) is 2.73. The molecule has 0 radical (unpaired) electrons. The molecule has 0 aromatic heterocycles. The van der Waals surface area contributed by atoms with Crippen LogP contribution >= 0.6 is 0 Å². The number of nitrogens with zero attached hydrogens (tertiary/aromatic N) is 1. The number of methoxy groups -OCH3 is 1. The lowest BCUT2D eigenvalue weighted by Gasteiger charge is -2.28. The number of benzene rings is 2. The lowest BCUT2D eigenvalue weighted by molar-refractivity contribution is 0.0938. The molecule has 1 amide bonds. The van der Waals surface area contributed by atoms with Crippen LogP contribution in [0.15, 0.2) is 48.5 Å². The number of hydrogen-bond acceptors (Lipinski definition) is 4. The Morgan fingerprint density at radius 1 is 1.11 bits per heavy atom. The number of ether oxygens (including phenoxy) is 2. The minimum Gasteiger partial charge on any atom is -0.497 e. The Morgan fingerprint density at radius 3 is 2.41 bits per heavy atom. The van der Waals surface area contributed by atoms with Gasteiger partial charge in [-0.1, -0.05) is 12.1 Å². The van der Waals surface area contributed by atoms with Gasteiger partial charge >= 0.3 is 0 Å². The molecule has 5 heteroatoms. The first-order chi connectivity index (χ1) is 13.2. The van der Waals surface area contributed by atoms with Gasteiger partial charge in [0.25, 0.3) is 5.91 Å². The van der Waals surface area contributed by atoms with E-state index in [0.717, 1.165) is 50.6 Å². The molecule has 1 N–H and O–H groups in total. The average molecular weight is 368 g/mol. The molecular formula is C22H28N2O3. The molecule has 1 aliphatic rings. The maximum Gasteiger partial charge on any atom is 0.251 e. The first-order valence-corrected chi connectivity index (χ1v) is 9.52. The van der Waals surface area contributed by atoms with Gasteiger partial charge in [0.05, 0.1) is 20.3 Å². The summed E-state index contributed by atoms with van der Waals surface area (Å²) in [7, 11) is 1.67. The largest absolute Gasteiger partial charge is 0.497 e. The zero-order valence-corrected chi connectivity index (χ0v) is 16.1. The molecule has 0 saturated carbocycles. The summed E-state index contributed by atoms with van der Waals surface area (Å²) in [5.74, 6) is 0.839. The van der Waals surface area contributed by atoms with Gasteiger partial charge in [-0.15, -0.1) is 0 Å². The monoisotopic (exact) mass is 368 g/mol. The van der Waals surface area contributed by atoms with Crippen molar-refractivity contribution in [3.63, 3.8) is 0 Å². The van der Waals surface area contributed by atoms with E-state index >= 15 is 0 Å². The van der Waals surface area contributed by atoms with E-state index in [1.807, 2.05) is 43.3 Å². The summed E-state index contributed by atoms with van der Waals surface area (Å²) in [6.45, 7) is 5.35. The van der Waals surface area contributed by atoms with Gasteiger partial charge in [0.2, 0.25) is 0 Å². The molecule has 0 bridgehead atoms. The number of aryl methyl sites for hydroxylation is 1. The molecule has 0 spiro atoms. The number of rotatable bonds is 7. The molecule has 2 aromatic rings. The molecule has 27 heavy (non-hydrogen) atoms. The third-order valence-electron chi connectivity index (χ3n) is 4.91. The van der Waals surface area contributed by atoms with Gasteiger partial charge < -0.3 is 19.7 Å². The molecule has 1 fully saturated rings. The van der Waals surface area contributed by atoms with Crippen LogP contribution < -0.4 is 15.0 Å². The van der Waals surface area contributed by atoms with Gasteiger partial charge in [0.15, 0.2) is 0 Å². The second kappa shape index (κ2) is 9.42. The van der Waals surface area contributed by atoms with Crippen LogP contribution in [0.3, 0.4) is 0 Å². The van der Waals surface area contributed by atoms with Crippen molar-refractivity contribution in [3.05, 3.63) is 59.7 Å². The second-order valence-corrected chi connectivity index (χ2v) is 6.91. The first kappa shape index (κ1) is 19.2. The molecule has 1 unspecified atom stereocenters. The van der Waals surface area contributed by atoms with E-state index < -0.39 is 0 Å². The molecule has 0 aliphatic carbocycles. The lowest BCUT2D eigenvalue weighted by Crippen LogP contribution is -2.36. The number of carbonyl (C=O) groups is 1. The summed E-state index contributed by atoms with van der Waals surface area (Å²) >= 11 is 0. The quantitative estimate of drug-likeness (QED) is 0.815. The Kier molecular flexibility index (Phi) is 6.71. The van der Waals surface area contributed by atoms with Gasteiger partial charge in [-0.2, -0.15) is 0 Å². The van der Waals surface area contributed by atoms with Crippen LogP contribution in [0.5, 0.6) is 5.75 Å². The Labute approximate surface area is 161 Å². The first-order valence-electron chi connectivity index (χ1n) is 9.52. The van der Waals surface area contributed by atoms with E-state index in [1.54, 1.807) is 7.11 Å². The number of morpholine rings is 1. The highest BCUT2D eigenvalue weighted by atomic mass is 16.5. The lowest BCUT2D eigenvalue weighted by atomic mass is 10.1. The SMILES string of the molecule is COc1ccc(CCC(C)NC(=O)c2ccc(N3CCOCC3)cc2)cc1. The van der Waals surface area contributed by atoms with Crippen molar-refractivity contribution in [1.29, 1.82) is 0 Å². The number of hydrogen-bond donors (Lipinski definition) is 1. The molecule has 1 saturated heterocycles. The zero-order valence-electron chi connectivity index (χ0n) is 16.1. The Bertz CT molecular complexity index is 722. The second-order valence-electron chi connectivity index (χ2n) is 6.91. The molecule has 5 nitrogen and oxygen atoms in total. The Balaban J connectivity index is 1.48. The predicted molar refractivity (Wildman–Crippen MR) is 108 cm³/mol. The standard InChI is InChI=1S/C22H28N2O3/c1-17(3-4-18-5-11-21(26-2)12-6-18)23-22(25)19-7-9-20(10-8-19)24-13-15-27-16-14-24/h5-12,17H,3-4,13-16H2,1-2H3,(H,23,25). The highest BCUT2D eigenvalue weighted by Gasteiger charge is 2.13. The Morgan fingerprint density at radius 2 is 1.78 bits per heavy atom. The van der Waals surface area contributed by atoms with Gasteiger partial charge in [-0.25, -0.2) is 0 Å². The predicted octanol–water partition coefficient (Wildman–Crippen LogP) is 3.28. The van der Waals surface area contributed by atoms with E-state index in [2.05, 4.69) is 22.3 Å². The zero-order chi connectivity index (χ0) is 19.1. The smallest absolute Gasteiger partial charge is 0.251 e. The summed E-state index contributed by atoms with van der Waals surface area (Å²) in [4.78, 5) is 14.8. The molecular weight excluding hydrogens is 340 g/mol. The maximum atomic E-state index is 12.5. The van der Waals surface area contributed by atoms with Gasteiger partial charge in [0, 0.05) is 30.4 Å². The van der Waals surface area contributed by atoms with E-state index in [0.29, 0.717) is 5.56 Å². The van der Waals surface area contributed by atoms with Crippen molar-refractivity contribution >= 4 is 11.6 Å². The molecule has 144 valence electrons. The fraction of sp³-hybridized carbons (Fsp3) is 0.409. The van der Waals surface area contributed by atoms with Gasteiger partial charge in [-0.05, 0) is 61.7 Å². The summed E-state index contributed by atoms with van der Waals surface area (Å²) in [5, 5.41) is 3.09. The number of anilines is 1. The third kappa shape index (κ3) is 5.47. The van der Waals surface area contributed by atoms with E-state index in [1.165, 1.54) is 5.56 Å². The van der Waals surface area contributed by atoms with E-state index in [-0.39, 0.29) is 11.9 Å². The van der Waals surface area contributed by atoms with Crippen molar-refractivity contribution in [1.82, 2.24) is 5.32 Å². The molecule has 1 atom stereocenters. The van der Waals surface area contributed by atoms with Gasteiger partial charge in [0.1, 0.15) is 5.75 Å². The molecule has 3 rings (SSSR count). The van der Waals surface area contributed by atoms with Crippen molar-refractivity contribution in [2.45, 2.75) is 25.8 Å². The summed E-state index contributed by atoms with van der Waals surface area (Å²) in [6, 6.07) is 16.0. The summed E-state index contributed by atoms with van der Waals surface area (Å²) in [5.41, 5.74) is 3.08. The minimum absolute atomic E-state index is 0.0224. The van der Waals surface area contributed by atoms with Gasteiger partial charge in [-0.3, -0.25) is 4.79 Å². The Hall–Kier alpha value is -2.53. The van der Waals surface area contributed by atoms with Crippen LogP contribution in [0.4, 0.5) is 5.69 Å². The van der Waals surface area contributed by atoms with Crippen LogP contribution in [0.1, 0.15) is 29.3 Å². The minimum atomic E-state index is -0.0224. The fourth-order valence-corrected chi connectivity index (χ4v) is 3.20. The number of nitrogens with one attached hydrogen (secondary N) is 1. The van der Waals surface area contributed by atoms with Crippen molar-refractivity contribution in [2.24, 2.45) is 0 Å². The highest BCUT2D eigenvalue weighted by molar-refractivity contribution is 5.94. The van der Waals surface area contributed by atoms with E-state index in [4.69, 9.17) is 9.47 Å². The fourth-order valence-electron chi connectivity index (χ4n) is 3.20. The number of carbonyl (C=O) groups excluding carboxylic acids is 1. The van der Waals surface area contributed by atoms with E-state index in [9.17, 15) is 4.79 Å². The molecule has 1 heterocycles. The van der Waals surface area contributed by atoms with Crippen LogP contribution in [-0.4, -0.2) is 45.4 Å². The number of amides is 1. The van der Waals surface area contributed by atoms with Crippen LogP contribution in [0, 0.1) is 0 Å². The highest BCUT2D eigenvalue weighted by Crippen LogP contribution is 2.17. The molecule has 2 aromatic carbocycles. The topological polar surface area (TPSA) is 50.8 Å². The normalized spacial score (nSPS) is 15.3. The van der Waals surface area contributed by atoms with Crippen LogP contribution in [0.2, 0.25) is 0 Å².